The molecule has 0 bridgehead atoms. The number of hydrogen-bond donors (Lipinski definition) is 0. The Morgan fingerprint density at radius 3 is 2.21 bits per heavy atom. The molecule has 0 aliphatic heterocycles. The largest absolute Gasteiger partial charge is 4.00 e. The molecular formula is C24H23Cl2SiZr. The smallest absolute Gasteiger partial charge is 1.00 e. The van der Waals surface area contributed by atoms with E-state index >= 15 is 0 Å². The van der Waals surface area contributed by atoms with Crippen molar-refractivity contribution in [3.05, 3.63) is 102 Å². The Morgan fingerprint density at radius 2 is 1.46 bits per heavy atom. The van der Waals surface area contributed by atoms with Gasteiger partial charge in [-0.3, -0.25) is 0 Å². The summed E-state index contributed by atoms with van der Waals surface area (Å²) in [5.41, 5.74) is 5.51. The maximum Gasteiger partial charge on any atom is 4.00 e. The van der Waals surface area contributed by atoms with Crippen molar-refractivity contribution in [3.63, 3.8) is 0 Å². The van der Waals surface area contributed by atoms with Crippen molar-refractivity contribution >= 4 is 20.3 Å². The van der Waals surface area contributed by atoms with Gasteiger partial charge in [0.2, 0.25) is 0 Å². The van der Waals surface area contributed by atoms with Crippen LogP contribution in [0.2, 0.25) is 13.1 Å². The summed E-state index contributed by atoms with van der Waals surface area (Å²) in [5, 5.41) is 2.66. The first-order valence-electron chi connectivity index (χ1n) is 8.75. The van der Waals surface area contributed by atoms with Crippen LogP contribution in [-0.2, 0) is 32.6 Å². The zero-order valence-corrected chi connectivity index (χ0v) is 21.2. The molecule has 0 nitrogen and oxygen atoms in total. The topological polar surface area (TPSA) is 0 Å². The summed E-state index contributed by atoms with van der Waals surface area (Å²) in [4.78, 5) is 0. The Morgan fingerprint density at radius 1 is 0.821 bits per heavy atom. The van der Waals surface area contributed by atoms with E-state index < -0.39 is 0 Å². The normalized spacial score (nSPS) is 9.64. The van der Waals surface area contributed by atoms with E-state index in [0.29, 0.717) is 0 Å². The van der Waals surface area contributed by atoms with Crippen LogP contribution >= 0.6 is 0 Å². The molecule has 0 saturated heterocycles. The zero-order valence-electron chi connectivity index (χ0n) is 16.1. The van der Waals surface area contributed by atoms with Gasteiger partial charge in [-0.05, 0) is 6.42 Å². The Kier molecular flexibility index (Phi) is 13.5. The van der Waals surface area contributed by atoms with Gasteiger partial charge in [0, 0.05) is 9.52 Å². The van der Waals surface area contributed by atoms with Crippen LogP contribution in [0.5, 0.6) is 0 Å². The summed E-state index contributed by atoms with van der Waals surface area (Å²) < 4.78 is 0. The molecule has 1 aliphatic rings. The van der Waals surface area contributed by atoms with Crippen molar-refractivity contribution in [2.45, 2.75) is 19.5 Å². The van der Waals surface area contributed by atoms with E-state index in [4.69, 9.17) is 0 Å². The van der Waals surface area contributed by atoms with Crippen LogP contribution in [0.25, 0.3) is 21.9 Å². The van der Waals surface area contributed by atoms with Crippen molar-refractivity contribution in [2.24, 2.45) is 0 Å². The van der Waals surface area contributed by atoms with Crippen LogP contribution in [0.15, 0.2) is 84.9 Å². The van der Waals surface area contributed by atoms with Crippen molar-refractivity contribution in [2.75, 3.05) is 0 Å². The van der Waals surface area contributed by atoms with Gasteiger partial charge in [0.15, 0.2) is 0 Å². The van der Waals surface area contributed by atoms with E-state index in [1.165, 1.54) is 33.0 Å². The van der Waals surface area contributed by atoms with Gasteiger partial charge in [-0.25, -0.2) is 0 Å². The SMILES string of the molecule is C[SiH]C.[Cl-].[Cl-].[Zr+4].[c-]1cccc2c1Cc1ccccc1-2.c1ccc2[cH-]ccc2c1. The molecule has 0 fully saturated rings. The van der Waals surface area contributed by atoms with E-state index in [1.54, 1.807) is 0 Å². The molecule has 4 aromatic rings. The number of fused-ring (bicyclic) bond motifs is 4. The van der Waals surface area contributed by atoms with Gasteiger partial charge < -0.3 is 24.8 Å². The Bertz CT molecular complexity index is 876. The second-order valence-electron chi connectivity index (χ2n) is 6.13. The van der Waals surface area contributed by atoms with Crippen LogP contribution in [0.3, 0.4) is 0 Å². The molecule has 0 amide bonds. The summed E-state index contributed by atoms with van der Waals surface area (Å²) in [6.45, 7) is 4.42. The second-order valence-corrected chi connectivity index (χ2v) is 7.28. The first-order chi connectivity index (χ1) is 12.3. The van der Waals surface area contributed by atoms with Gasteiger partial charge in [0.25, 0.3) is 0 Å². The molecule has 0 saturated carbocycles. The van der Waals surface area contributed by atoms with Gasteiger partial charge in [-0.1, -0.05) is 54.6 Å². The Labute approximate surface area is 202 Å². The average Bonchev–Trinajstić information content (AvgIpc) is 3.27. The van der Waals surface area contributed by atoms with Crippen LogP contribution < -0.4 is 24.8 Å². The Balaban J connectivity index is 0.000000434. The number of rotatable bonds is 0. The molecule has 5 rings (SSSR count). The maximum atomic E-state index is 3.30. The maximum absolute atomic E-state index is 3.30. The van der Waals surface area contributed by atoms with Gasteiger partial charge in [-0.2, -0.15) is 47.3 Å². The fraction of sp³-hybridized carbons (Fsp3) is 0.125. The third kappa shape index (κ3) is 6.78. The second kappa shape index (κ2) is 14.0. The van der Waals surface area contributed by atoms with Gasteiger partial charge in [-0.15, -0.1) is 35.2 Å². The predicted molar refractivity (Wildman–Crippen MR) is 112 cm³/mol. The number of benzene rings is 3. The molecule has 4 heteroatoms. The van der Waals surface area contributed by atoms with E-state index in [1.807, 2.05) is 6.07 Å². The van der Waals surface area contributed by atoms with Crippen molar-refractivity contribution in [3.8, 4) is 11.1 Å². The third-order valence-electron chi connectivity index (χ3n) is 4.16. The molecule has 0 aromatic heterocycles. The summed E-state index contributed by atoms with van der Waals surface area (Å²) in [6, 6.07) is 32.8. The van der Waals surface area contributed by atoms with E-state index in [2.05, 4.69) is 98.0 Å². The molecule has 0 atom stereocenters. The van der Waals surface area contributed by atoms with Crippen molar-refractivity contribution < 1.29 is 51.0 Å². The fourth-order valence-electron chi connectivity index (χ4n) is 3.07. The average molecular weight is 502 g/mol. The Hall–Kier alpha value is -1.05. The molecule has 28 heavy (non-hydrogen) atoms. The third-order valence-corrected chi connectivity index (χ3v) is 4.16. The van der Waals surface area contributed by atoms with Crippen molar-refractivity contribution in [1.29, 1.82) is 0 Å². The van der Waals surface area contributed by atoms with Crippen LogP contribution in [0.4, 0.5) is 0 Å². The summed E-state index contributed by atoms with van der Waals surface area (Å²) in [6.07, 6.45) is 1.05. The van der Waals surface area contributed by atoms with E-state index in [9.17, 15) is 0 Å². The molecule has 141 valence electrons. The molecule has 0 N–H and O–H groups in total. The van der Waals surface area contributed by atoms with E-state index in [-0.39, 0.29) is 51.0 Å². The molecule has 0 heterocycles. The van der Waals surface area contributed by atoms with Crippen LogP contribution in [0.1, 0.15) is 11.1 Å². The first-order valence-corrected chi connectivity index (χ1v) is 11.1. The van der Waals surface area contributed by atoms with E-state index in [0.717, 1.165) is 15.9 Å². The summed E-state index contributed by atoms with van der Waals surface area (Å²) in [7, 11) is 0.750. The number of halogens is 2. The first kappa shape index (κ1) is 27.0. The van der Waals surface area contributed by atoms with Crippen LogP contribution in [0, 0.1) is 6.07 Å². The molecule has 1 aliphatic carbocycles. The zero-order chi connectivity index (χ0) is 17.5. The molecule has 0 unspecified atom stereocenters. The van der Waals surface area contributed by atoms with Crippen LogP contribution in [-0.4, -0.2) is 9.52 Å². The molecule has 4 aromatic carbocycles. The molecule has 0 spiro atoms. The fourth-order valence-corrected chi connectivity index (χ4v) is 3.07. The minimum atomic E-state index is 0. The van der Waals surface area contributed by atoms with Gasteiger partial charge in [0.05, 0.1) is 0 Å². The van der Waals surface area contributed by atoms with Gasteiger partial charge in [0.1, 0.15) is 0 Å². The summed E-state index contributed by atoms with van der Waals surface area (Å²) in [5.74, 6) is 0. The quantitative estimate of drug-likeness (QED) is 0.209. The molecular weight excluding hydrogens is 478 g/mol. The van der Waals surface area contributed by atoms with Gasteiger partial charge >= 0.3 is 26.2 Å². The predicted octanol–water partition coefficient (Wildman–Crippen LogP) is 0.141. The minimum absolute atomic E-state index is 0. The summed E-state index contributed by atoms with van der Waals surface area (Å²) >= 11 is 0. The van der Waals surface area contributed by atoms with Crippen molar-refractivity contribution in [1.82, 2.24) is 0 Å². The monoisotopic (exact) mass is 499 g/mol. The minimum Gasteiger partial charge on any atom is -1.00 e. The molecule has 1 radical (unpaired) electrons. The standard InChI is InChI=1S/C13H9.C9H7.C2H7Si.2ClH.Zr/c1-3-7-12-10(5-1)9-11-6-2-4-8-13(11)12;1-2-5-9-7-3-6-8(9)4-1;1-3-2;;;/h1-5,7-8H,9H2;1-7H;3H,1-2H3;2*1H;/q2*-1;;;;+4/p-2. The number of hydrogen-bond acceptors (Lipinski definition) is 0.